The first-order valence-corrected chi connectivity index (χ1v) is 12.4. The van der Waals surface area contributed by atoms with Crippen LogP contribution in [0.3, 0.4) is 0 Å². The number of amides is 2. The first kappa shape index (κ1) is 24.7. The molecule has 0 aromatic heterocycles. The number of sulfonamides is 1. The molecule has 33 heavy (non-hydrogen) atoms. The second-order valence-electron chi connectivity index (χ2n) is 8.25. The van der Waals surface area contributed by atoms with Crippen LogP contribution in [0.1, 0.15) is 30.9 Å². The minimum absolute atomic E-state index is 0.234. The Hall–Kier alpha value is -2.91. The third-order valence-corrected chi connectivity index (χ3v) is 7.79. The van der Waals surface area contributed by atoms with Crippen LogP contribution in [0.25, 0.3) is 0 Å². The van der Waals surface area contributed by atoms with Crippen LogP contribution < -0.4 is 15.4 Å². The van der Waals surface area contributed by atoms with E-state index in [4.69, 9.17) is 4.74 Å². The van der Waals surface area contributed by atoms with E-state index in [0.29, 0.717) is 18.6 Å². The Balaban J connectivity index is 1.49. The third-order valence-electron chi connectivity index (χ3n) is 5.88. The van der Waals surface area contributed by atoms with Crippen molar-refractivity contribution in [1.29, 1.82) is 0 Å². The zero-order valence-electron chi connectivity index (χ0n) is 19.2. The van der Waals surface area contributed by atoms with Crippen molar-refractivity contribution in [3.05, 3.63) is 59.7 Å². The Morgan fingerprint density at radius 2 is 1.73 bits per heavy atom. The topological polar surface area (TPSA) is 105 Å². The second-order valence-corrected chi connectivity index (χ2v) is 10.2. The molecule has 1 fully saturated rings. The van der Waals surface area contributed by atoms with Crippen molar-refractivity contribution in [2.75, 3.05) is 20.2 Å². The quantitative estimate of drug-likeness (QED) is 0.612. The van der Waals surface area contributed by atoms with Crippen LogP contribution >= 0.6 is 0 Å². The van der Waals surface area contributed by atoms with Crippen LogP contribution in [0.4, 0.5) is 0 Å². The van der Waals surface area contributed by atoms with Gasteiger partial charge < -0.3 is 15.4 Å². The number of methoxy groups -OCH3 is 1. The molecular formula is C24H31N3O5S. The largest absolute Gasteiger partial charge is 0.496 e. The number of ether oxygens (including phenoxy) is 1. The summed E-state index contributed by atoms with van der Waals surface area (Å²) < 4.78 is 32.4. The van der Waals surface area contributed by atoms with Gasteiger partial charge in [-0.2, -0.15) is 4.31 Å². The summed E-state index contributed by atoms with van der Waals surface area (Å²) in [6.45, 7) is 4.36. The highest BCUT2D eigenvalue weighted by molar-refractivity contribution is 7.89. The summed E-state index contributed by atoms with van der Waals surface area (Å²) in [5, 5.41) is 5.57. The number of carbonyl (C=O) groups is 2. The molecule has 1 saturated heterocycles. The molecule has 0 spiro atoms. The van der Waals surface area contributed by atoms with Crippen molar-refractivity contribution in [2.45, 2.75) is 44.2 Å². The van der Waals surface area contributed by atoms with Crippen molar-refractivity contribution in [3.63, 3.8) is 0 Å². The number of nitrogens with zero attached hydrogens (tertiary/aromatic N) is 1. The van der Waals surface area contributed by atoms with Gasteiger partial charge >= 0.3 is 0 Å². The van der Waals surface area contributed by atoms with Gasteiger partial charge in [-0.3, -0.25) is 9.59 Å². The number of piperidine rings is 1. The number of rotatable bonds is 8. The molecule has 0 radical (unpaired) electrons. The first-order valence-electron chi connectivity index (χ1n) is 11.0. The van der Waals surface area contributed by atoms with E-state index in [1.54, 1.807) is 38.3 Å². The highest BCUT2D eigenvalue weighted by atomic mass is 32.2. The van der Waals surface area contributed by atoms with Crippen molar-refractivity contribution >= 4 is 21.8 Å². The molecule has 0 aliphatic carbocycles. The van der Waals surface area contributed by atoms with Gasteiger partial charge in [0, 0.05) is 31.1 Å². The molecule has 3 rings (SSSR count). The monoisotopic (exact) mass is 473 g/mol. The van der Waals surface area contributed by atoms with Crippen LogP contribution in [-0.4, -0.2) is 50.8 Å². The second kappa shape index (κ2) is 10.8. The highest BCUT2D eigenvalue weighted by Gasteiger charge is 2.32. The van der Waals surface area contributed by atoms with E-state index in [0.717, 1.165) is 11.1 Å². The van der Waals surface area contributed by atoms with Crippen molar-refractivity contribution < 1.29 is 22.7 Å². The molecule has 2 amide bonds. The van der Waals surface area contributed by atoms with Gasteiger partial charge in [-0.25, -0.2) is 8.42 Å². The Kier molecular flexibility index (Phi) is 8.10. The molecule has 178 valence electrons. The van der Waals surface area contributed by atoms with E-state index in [9.17, 15) is 18.0 Å². The molecule has 9 heteroatoms. The zero-order chi connectivity index (χ0) is 24.0. The molecule has 0 saturated carbocycles. The predicted molar refractivity (Wildman–Crippen MR) is 125 cm³/mol. The Morgan fingerprint density at radius 3 is 2.36 bits per heavy atom. The lowest BCUT2D eigenvalue weighted by Gasteiger charge is -2.31. The maximum Gasteiger partial charge on any atom is 0.243 e. The molecule has 2 aromatic rings. The molecule has 2 N–H and O–H groups in total. The van der Waals surface area contributed by atoms with Crippen molar-refractivity contribution in [2.24, 2.45) is 5.92 Å². The lowest BCUT2D eigenvalue weighted by Crippen LogP contribution is -2.49. The molecule has 0 bridgehead atoms. The fourth-order valence-electron chi connectivity index (χ4n) is 3.80. The van der Waals surface area contributed by atoms with Crippen LogP contribution in [0.15, 0.2) is 53.4 Å². The average Bonchev–Trinajstić information content (AvgIpc) is 2.82. The molecule has 1 unspecified atom stereocenters. The number of carbonyl (C=O) groups excluding carboxylic acids is 2. The number of aryl methyl sites for hydroxylation is 1. The van der Waals surface area contributed by atoms with Gasteiger partial charge in [0.2, 0.25) is 21.8 Å². The maximum absolute atomic E-state index is 12.8. The van der Waals surface area contributed by atoms with Crippen LogP contribution in [0.5, 0.6) is 5.75 Å². The third kappa shape index (κ3) is 6.11. The molecule has 1 atom stereocenters. The van der Waals surface area contributed by atoms with E-state index in [1.165, 1.54) is 4.31 Å². The van der Waals surface area contributed by atoms with Gasteiger partial charge in [0.15, 0.2) is 0 Å². The Bertz CT molecular complexity index is 1080. The standard InChI is InChI=1S/C24H31N3O5S/c1-17-8-10-21(11-9-17)33(30,31)27-14-12-19(13-15-27)24(29)26-18(2)23(28)25-16-20-6-4-5-7-22(20)32-3/h4-11,18-19H,12-16H2,1-3H3,(H,25,28)(H,26,29). The van der Waals surface area contributed by atoms with Gasteiger partial charge in [0.25, 0.3) is 0 Å². The predicted octanol–water partition coefficient (Wildman–Crippen LogP) is 2.23. The summed E-state index contributed by atoms with van der Waals surface area (Å²) in [6, 6.07) is 13.4. The summed E-state index contributed by atoms with van der Waals surface area (Å²) in [5.41, 5.74) is 1.83. The lowest BCUT2D eigenvalue weighted by molar-refractivity contribution is -0.131. The average molecular weight is 474 g/mol. The van der Waals surface area contributed by atoms with Crippen LogP contribution in [0, 0.1) is 12.8 Å². The molecular weight excluding hydrogens is 442 g/mol. The van der Waals surface area contributed by atoms with Gasteiger partial charge in [0.1, 0.15) is 11.8 Å². The molecule has 1 aliphatic heterocycles. The van der Waals surface area contributed by atoms with E-state index >= 15 is 0 Å². The molecule has 8 nitrogen and oxygen atoms in total. The number of hydrogen-bond donors (Lipinski definition) is 2. The van der Waals surface area contributed by atoms with Gasteiger partial charge in [-0.15, -0.1) is 0 Å². The molecule has 2 aromatic carbocycles. The number of hydrogen-bond acceptors (Lipinski definition) is 5. The van der Waals surface area contributed by atoms with E-state index in [2.05, 4.69) is 10.6 Å². The normalized spacial score (nSPS) is 16.1. The van der Waals surface area contributed by atoms with Gasteiger partial charge in [-0.1, -0.05) is 35.9 Å². The van der Waals surface area contributed by atoms with E-state index in [-0.39, 0.29) is 42.3 Å². The summed E-state index contributed by atoms with van der Waals surface area (Å²) in [6.07, 6.45) is 0.818. The zero-order valence-corrected chi connectivity index (χ0v) is 20.0. The van der Waals surface area contributed by atoms with E-state index < -0.39 is 16.1 Å². The van der Waals surface area contributed by atoms with Crippen LogP contribution in [-0.2, 0) is 26.2 Å². The minimum Gasteiger partial charge on any atom is -0.496 e. The molecule has 1 aliphatic rings. The van der Waals surface area contributed by atoms with Crippen molar-refractivity contribution in [1.82, 2.24) is 14.9 Å². The summed E-state index contributed by atoms with van der Waals surface area (Å²) >= 11 is 0. The fourth-order valence-corrected chi connectivity index (χ4v) is 5.27. The number of nitrogens with one attached hydrogen (secondary N) is 2. The maximum atomic E-state index is 12.8. The van der Waals surface area contributed by atoms with Crippen LogP contribution in [0.2, 0.25) is 0 Å². The van der Waals surface area contributed by atoms with Gasteiger partial charge in [0.05, 0.1) is 12.0 Å². The number of para-hydroxylation sites is 1. The summed E-state index contributed by atoms with van der Waals surface area (Å²) in [4.78, 5) is 25.4. The minimum atomic E-state index is -3.58. The number of benzene rings is 2. The summed E-state index contributed by atoms with van der Waals surface area (Å²) in [5.74, 6) is -0.184. The Morgan fingerprint density at radius 1 is 1.09 bits per heavy atom. The van der Waals surface area contributed by atoms with E-state index in [1.807, 2.05) is 31.2 Å². The van der Waals surface area contributed by atoms with Crippen molar-refractivity contribution in [3.8, 4) is 5.75 Å². The smallest absolute Gasteiger partial charge is 0.243 e. The first-order chi connectivity index (χ1) is 15.7. The SMILES string of the molecule is COc1ccccc1CNC(=O)C(C)NC(=O)C1CCN(S(=O)(=O)c2ccc(C)cc2)CC1. The summed E-state index contributed by atoms with van der Waals surface area (Å²) in [7, 11) is -2.01. The Labute approximate surface area is 195 Å². The highest BCUT2D eigenvalue weighted by Crippen LogP contribution is 2.24. The van der Waals surface area contributed by atoms with Gasteiger partial charge in [-0.05, 0) is 44.9 Å². The lowest BCUT2D eigenvalue weighted by atomic mass is 9.97. The fraction of sp³-hybridized carbons (Fsp3) is 0.417. The molecule has 1 heterocycles.